The third-order valence-electron chi connectivity index (χ3n) is 3.99. The third kappa shape index (κ3) is 4.19. The number of halogens is 3. The van der Waals surface area contributed by atoms with Crippen molar-refractivity contribution < 1.29 is 46.9 Å². The summed E-state index contributed by atoms with van der Waals surface area (Å²) >= 11 is 0. The van der Waals surface area contributed by atoms with Crippen molar-refractivity contribution in [2.24, 2.45) is 0 Å². The fourth-order valence-electron chi connectivity index (χ4n) is 2.52. The van der Waals surface area contributed by atoms with Crippen molar-refractivity contribution in [1.82, 2.24) is 0 Å². The Morgan fingerprint density at radius 2 is 1.68 bits per heavy atom. The van der Waals surface area contributed by atoms with Crippen molar-refractivity contribution in [2.75, 3.05) is 32.8 Å². The second-order valence-corrected chi connectivity index (χ2v) is 5.72. The average molecular weight is 407 g/mol. The summed E-state index contributed by atoms with van der Waals surface area (Å²) in [5.41, 5.74) is -5.04. The van der Waals surface area contributed by atoms with Gasteiger partial charge in [-0.15, -0.1) is 0 Å². The Morgan fingerprint density at radius 3 is 2.07 bits per heavy atom. The molecule has 0 bridgehead atoms. The van der Waals surface area contributed by atoms with E-state index in [0.717, 1.165) is 38.2 Å². The van der Waals surface area contributed by atoms with E-state index in [-0.39, 0.29) is 17.0 Å². The normalized spacial score (nSPS) is 13.3. The lowest BCUT2D eigenvalue weighted by molar-refractivity contribution is -0.267. The molecule has 0 saturated carbocycles. The van der Waals surface area contributed by atoms with E-state index in [1.54, 1.807) is 0 Å². The molecule has 1 aromatic carbocycles. The highest BCUT2D eigenvalue weighted by Gasteiger charge is 2.62. The van der Waals surface area contributed by atoms with E-state index in [4.69, 9.17) is 4.74 Å². The second-order valence-electron chi connectivity index (χ2n) is 5.72. The van der Waals surface area contributed by atoms with Gasteiger partial charge in [-0.05, 0) is 24.6 Å². The number of carbonyl (C=O) groups excluding carboxylic acids is 3. The molecular weight excluding hydrogens is 387 g/mol. The number of carbonyl (C=O) groups is 3. The minimum absolute atomic E-state index is 0.0453. The van der Waals surface area contributed by atoms with Gasteiger partial charge in [0.2, 0.25) is 5.91 Å². The summed E-state index contributed by atoms with van der Waals surface area (Å²) in [6.45, 7) is 1.79. The van der Waals surface area contributed by atoms with Crippen LogP contribution < -0.4 is 9.64 Å². The number of hydrogen-bond donors (Lipinski definition) is 1. The molecule has 0 aromatic heterocycles. The maximum atomic E-state index is 13.5. The van der Waals surface area contributed by atoms with Gasteiger partial charge in [-0.1, -0.05) is 0 Å². The van der Waals surface area contributed by atoms with E-state index in [9.17, 15) is 32.7 Å². The fourth-order valence-corrected chi connectivity index (χ4v) is 2.52. The Bertz CT molecular complexity index is 779. The molecule has 0 aliphatic heterocycles. The number of aliphatic hydroxyl groups is 1. The highest BCUT2D eigenvalue weighted by Crippen LogP contribution is 2.44. The fraction of sp³-hybridized carbons (Fsp3) is 0.471. The molecule has 0 heterocycles. The molecule has 1 amide bonds. The molecule has 0 aliphatic carbocycles. The predicted molar refractivity (Wildman–Crippen MR) is 89.7 cm³/mol. The highest BCUT2D eigenvalue weighted by molar-refractivity contribution is 5.98. The SMILES string of the molecule is COC(=O)CN(C(C)=O)c1cc(C)c(C(O)(C(=O)OC)C(F)(F)F)cc1OC. The van der Waals surface area contributed by atoms with Crippen molar-refractivity contribution in [3.05, 3.63) is 23.3 Å². The lowest BCUT2D eigenvalue weighted by Crippen LogP contribution is -2.50. The van der Waals surface area contributed by atoms with Crippen LogP contribution in [0.3, 0.4) is 0 Å². The zero-order valence-corrected chi connectivity index (χ0v) is 15.8. The van der Waals surface area contributed by atoms with Crippen LogP contribution in [0.1, 0.15) is 18.1 Å². The van der Waals surface area contributed by atoms with E-state index in [2.05, 4.69) is 9.47 Å². The van der Waals surface area contributed by atoms with Crippen molar-refractivity contribution in [3.8, 4) is 5.75 Å². The van der Waals surface area contributed by atoms with Gasteiger partial charge in [0.05, 0.1) is 27.0 Å². The van der Waals surface area contributed by atoms with E-state index in [1.807, 2.05) is 0 Å². The monoisotopic (exact) mass is 407 g/mol. The third-order valence-corrected chi connectivity index (χ3v) is 3.99. The van der Waals surface area contributed by atoms with Crippen LogP contribution in [0.15, 0.2) is 12.1 Å². The summed E-state index contributed by atoms with van der Waals surface area (Å²) in [7, 11) is 2.92. The van der Waals surface area contributed by atoms with Gasteiger partial charge < -0.3 is 19.3 Å². The Kier molecular flexibility index (Phi) is 7.02. The average Bonchev–Trinajstić information content (AvgIpc) is 2.62. The lowest BCUT2D eigenvalue weighted by atomic mass is 9.88. The predicted octanol–water partition coefficient (Wildman–Crippen LogP) is 1.45. The summed E-state index contributed by atoms with van der Waals surface area (Å²) in [6, 6.07) is 1.85. The Labute approximate surface area is 158 Å². The molecule has 0 radical (unpaired) electrons. The van der Waals surface area contributed by atoms with E-state index >= 15 is 0 Å². The van der Waals surface area contributed by atoms with Crippen molar-refractivity contribution in [2.45, 2.75) is 25.6 Å². The highest BCUT2D eigenvalue weighted by atomic mass is 19.4. The summed E-state index contributed by atoms with van der Waals surface area (Å²) in [5.74, 6) is -3.61. The maximum absolute atomic E-state index is 13.5. The van der Waals surface area contributed by atoms with Crippen molar-refractivity contribution in [3.63, 3.8) is 0 Å². The molecule has 156 valence electrons. The maximum Gasteiger partial charge on any atom is 0.432 e. The van der Waals surface area contributed by atoms with Crippen LogP contribution in [-0.4, -0.2) is 57.0 Å². The molecule has 0 aliphatic rings. The smallest absolute Gasteiger partial charge is 0.432 e. The second kappa shape index (κ2) is 8.46. The molecule has 1 rings (SSSR count). The number of nitrogens with zero attached hydrogens (tertiary/aromatic N) is 1. The Balaban J connectivity index is 3.71. The van der Waals surface area contributed by atoms with Gasteiger partial charge in [-0.3, -0.25) is 14.5 Å². The minimum Gasteiger partial charge on any atom is -0.495 e. The van der Waals surface area contributed by atoms with Crippen LogP contribution in [-0.2, 0) is 29.5 Å². The van der Waals surface area contributed by atoms with Gasteiger partial charge >= 0.3 is 18.1 Å². The first-order valence-electron chi connectivity index (χ1n) is 7.76. The van der Waals surface area contributed by atoms with Gasteiger partial charge in [-0.2, -0.15) is 13.2 Å². The van der Waals surface area contributed by atoms with Gasteiger partial charge in [0.15, 0.2) is 0 Å². The van der Waals surface area contributed by atoms with Crippen LogP contribution in [0.25, 0.3) is 0 Å². The number of hydrogen-bond acceptors (Lipinski definition) is 7. The quantitative estimate of drug-likeness (QED) is 0.712. The van der Waals surface area contributed by atoms with Crippen molar-refractivity contribution in [1.29, 1.82) is 0 Å². The van der Waals surface area contributed by atoms with Gasteiger partial charge in [0.1, 0.15) is 12.3 Å². The van der Waals surface area contributed by atoms with E-state index in [0.29, 0.717) is 7.11 Å². The van der Waals surface area contributed by atoms with Crippen LogP contribution >= 0.6 is 0 Å². The topological polar surface area (TPSA) is 102 Å². The zero-order valence-electron chi connectivity index (χ0n) is 15.8. The van der Waals surface area contributed by atoms with Gasteiger partial charge in [0.25, 0.3) is 5.60 Å². The first kappa shape index (κ1) is 23.2. The number of esters is 2. The summed E-state index contributed by atoms with van der Waals surface area (Å²) in [5, 5.41) is 10.2. The molecule has 11 heteroatoms. The Morgan fingerprint density at radius 1 is 1.11 bits per heavy atom. The molecule has 8 nitrogen and oxygen atoms in total. The largest absolute Gasteiger partial charge is 0.495 e. The number of anilines is 1. The molecule has 1 unspecified atom stereocenters. The number of ether oxygens (including phenoxy) is 3. The summed E-state index contributed by atoms with van der Waals surface area (Å²) in [6.07, 6.45) is -5.40. The molecule has 0 fully saturated rings. The molecule has 0 spiro atoms. The first-order chi connectivity index (χ1) is 12.8. The molecule has 1 N–H and O–H groups in total. The number of alkyl halides is 3. The first-order valence-corrected chi connectivity index (χ1v) is 7.76. The number of aryl methyl sites for hydroxylation is 1. The number of methoxy groups -OCH3 is 3. The lowest BCUT2D eigenvalue weighted by Gasteiger charge is -2.31. The van der Waals surface area contributed by atoms with Crippen LogP contribution in [0.2, 0.25) is 0 Å². The molecule has 1 aromatic rings. The number of amides is 1. The number of benzene rings is 1. The van der Waals surface area contributed by atoms with Gasteiger partial charge in [0, 0.05) is 12.5 Å². The van der Waals surface area contributed by atoms with Crippen LogP contribution in [0.4, 0.5) is 18.9 Å². The van der Waals surface area contributed by atoms with Crippen molar-refractivity contribution >= 4 is 23.5 Å². The van der Waals surface area contributed by atoms with Gasteiger partial charge in [-0.25, -0.2) is 4.79 Å². The molecule has 0 saturated heterocycles. The summed E-state index contributed by atoms with van der Waals surface area (Å²) < 4.78 is 54.3. The molecule has 28 heavy (non-hydrogen) atoms. The van der Waals surface area contributed by atoms with Crippen LogP contribution in [0, 0.1) is 6.92 Å². The Hall–Kier alpha value is -2.82. The number of rotatable bonds is 6. The summed E-state index contributed by atoms with van der Waals surface area (Å²) in [4.78, 5) is 36.2. The molecule has 1 atom stereocenters. The van der Waals surface area contributed by atoms with E-state index in [1.165, 1.54) is 6.92 Å². The van der Waals surface area contributed by atoms with E-state index < -0.39 is 41.7 Å². The molecular formula is C17H20F3NO7. The standard InChI is InChI=1S/C17H20F3NO7/c1-9-6-12(21(10(2)22)8-14(23)27-4)13(26-3)7-11(9)16(25,15(24)28-5)17(18,19)20/h6-7,25H,8H2,1-5H3. The minimum atomic E-state index is -5.40. The zero-order chi connectivity index (χ0) is 21.9. The van der Waals surface area contributed by atoms with Crippen LogP contribution in [0.5, 0.6) is 5.75 Å².